The minimum Gasteiger partial charge on any atom is -0.493 e. The van der Waals surface area contributed by atoms with Gasteiger partial charge >= 0.3 is 6.18 Å². The fraction of sp³-hybridized carbons (Fsp3) is 0.250. The van der Waals surface area contributed by atoms with Crippen LogP contribution in [-0.4, -0.2) is 27.2 Å². The second kappa shape index (κ2) is 7.69. The lowest BCUT2D eigenvalue weighted by atomic mass is 10.1. The van der Waals surface area contributed by atoms with Crippen LogP contribution in [0, 0.1) is 6.92 Å². The topological polar surface area (TPSA) is 88.9 Å². The minimum atomic E-state index is -4.50. The molecule has 4 rings (SSSR count). The number of aryl methyl sites for hydroxylation is 1. The van der Waals surface area contributed by atoms with E-state index in [4.69, 9.17) is 9.15 Å². The molecule has 0 fully saturated rings. The fourth-order valence-corrected chi connectivity index (χ4v) is 3.15. The van der Waals surface area contributed by atoms with Gasteiger partial charge in [0.25, 0.3) is 0 Å². The van der Waals surface area contributed by atoms with Crippen LogP contribution in [0.1, 0.15) is 23.6 Å². The normalized spacial score (nSPS) is 11.8. The molecule has 0 saturated carbocycles. The summed E-state index contributed by atoms with van der Waals surface area (Å²) in [7, 11) is 0. The Balaban J connectivity index is 1.58. The van der Waals surface area contributed by atoms with Crippen LogP contribution in [0.5, 0.6) is 5.75 Å². The molecule has 7 nitrogen and oxygen atoms in total. The van der Waals surface area contributed by atoms with Crippen molar-refractivity contribution in [1.29, 1.82) is 0 Å². The van der Waals surface area contributed by atoms with Crippen molar-refractivity contribution in [2.24, 2.45) is 0 Å². The van der Waals surface area contributed by atoms with E-state index in [1.165, 1.54) is 6.07 Å². The first-order valence-electron chi connectivity index (χ1n) is 9.20. The molecule has 156 valence electrons. The zero-order valence-corrected chi connectivity index (χ0v) is 16.2. The smallest absolute Gasteiger partial charge is 0.420 e. The molecule has 0 aliphatic carbocycles. The number of benzene rings is 2. The highest BCUT2D eigenvalue weighted by Crippen LogP contribution is 2.38. The number of aromatic nitrogens is 4. The van der Waals surface area contributed by atoms with Crippen LogP contribution in [0.2, 0.25) is 0 Å². The van der Waals surface area contributed by atoms with Gasteiger partial charge in [-0.15, -0.1) is 10.2 Å². The quantitative estimate of drug-likeness (QED) is 0.461. The molecule has 0 aliphatic heterocycles. The predicted octanol–water partition coefficient (Wildman–Crippen LogP) is 4.95. The highest BCUT2D eigenvalue weighted by molar-refractivity contribution is 5.83. The van der Waals surface area contributed by atoms with Gasteiger partial charge < -0.3 is 14.5 Å². The Morgan fingerprint density at radius 3 is 2.70 bits per heavy atom. The van der Waals surface area contributed by atoms with Crippen molar-refractivity contribution >= 4 is 16.7 Å². The fourth-order valence-electron chi connectivity index (χ4n) is 3.15. The van der Waals surface area contributed by atoms with Crippen LogP contribution in [0.4, 0.5) is 18.9 Å². The standard InChI is InChI=1S/C20H18F3N5O2/c1-3-29-16-5-4-14(9-15(16)20(21,22)23)24-10-13-8-17-12(6-11(13)2)7-18(30-17)19-25-27-28-26-19/h4-9,24H,3,10H2,1-2H3,(H,25,26,27,28). The van der Waals surface area contributed by atoms with Crippen LogP contribution in [0.25, 0.3) is 22.6 Å². The van der Waals surface area contributed by atoms with Gasteiger partial charge in [-0.05, 0) is 66.6 Å². The second-order valence-electron chi connectivity index (χ2n) is 6.66. The molecule has 2 N–H and O–H groups in total. The summed E-state index contributed by atoms with van der Waals surface area (Å²) in [5.74, 6) is 0.639. The number of furan rings is 1. The van der Waals surface area contributed by atoms with E-state index in [9.17, 15) is 13.2 Å². The maximum Gasteiger partial charge on any atom is 0.420 e. The number of hydrogen-bond acceptors (Lipinski definition) is 6. The summed E-state index contributed by atoms with van der Waals surface area (Å²) in [6, 6.07) is 9.55. The molecule has 0 spiro atoms. The number of H-pyrrole nitrogens is 1. The van der Waals surface area contributed by atoms with Crippen molar-refractivity contribution in [1.82, 2.24) is 20.6 Å². The molecule has 2 aromatic heterocycles. The number of anilines is 1. The Hall–Kier alpha value is -3.56. The van der Waals surface area contributed by atoms with Crippen LogP contribution >= 0.6 is 0 Å². The molecular formula is C20H18F3N5O2. The lowest BCUT2D eigenvalue weighted by Crippen LogP contribution is -2.10. The number of fused-ring (bicyclic) bond motifs is 1. The third-order valence-corrected chi connectivity index (χ3v) is 4.61. The zero-order valence-electron chi connectivity index (χ0n) is 16.2. The van der Waals surface area contributed by atoms with Crippen molar-refractivity contribution in [3.63, 3.8) is 0 Å². The summed E-state index contributed by atoms with van der Waals surface area (Å²) in [6.07, 6.45) is -4.50. The summed E-state index contributed by atoms with van der Waals surface area (Å²) in [5.41, 5.74) is 2.02. The van der Waals surface area contributed by atoms with E-state index in [-0.39, 0.29) is 12.4 Å². The van der Waals surface area contributed by atoms with E-state index >= 15 is 0 Å². The lowest BCUT2D eigenvalue weighted by Gasteiger charge is -2.16. The molecule has 30 heavy (non-hydrogen) atoms. The van der Waals surface area contributed by atoms with Crippen LogP contribution in [0.15, 0.2) is 40.8 Å². The molecule has 0 atom stereocenters. The first-order valence-corrected chi connectivity index (χ1v) is 9.20. The lowest BCUT2D eigenvalue weighted by molar-refractivity contribution is -0.138. The Labute approximate surface area is 169 Å². The summed E-state index contributed by atoms with van der Waals surface area (Å²) >= 11 is 0. The number of halogens is 3. The summed E-state index contributed by atoms with van der Waals surface area (Å²) in [5, 5.41) is 17.6. The van der Waals surface area contributed by atoms with Crippen molar-refractivity contribution < 1.29 is 22.3 Å². The largest absolute Gasteiger partial charge is 0.493 e. The van der Waals surface area contributed by atoms with Crippen molar-refractivity contribution in [3.05, 3.63) is 53.1 Å². The van der Waals surface area contributed by atoms with E-state index in [0.29, 0.717) is 29.4 Å². The first kappa shape index (κ1) is 19.7. The molecule has 0 aliphatic rings. The maximum absolute atomic E-state index is 13.3. The Morgan fingerprint density at radius 1 is 1.17 bits per heavy atom. The van der Waals surface area contributed by atoms with Crippen LogP contribution in [0.3, 0.4) is 0 Å². The molecule has 2 aromatic carbocycles. The minimum absolute atomic E-state index is 0.157. The number of ether oxygens (including phenoxy) is 1. The summed E-state index contributed by atoms with van der Waals surface area (Å²) in [6.45, 7) is 4.05. The van der Waals surface area contributed by atoms with Gasteiger partial charge in [0.2, 0.25) is 5.82 Å². The molecular weight excluding hydrogens is 399 g/mol. The van der Waals surface area contributed by atoms with Crippen molar-refractivity contribution in [3.8, 4) is 17.3 Å². The Morgan fingerprint density at radius 2 is 2.00 bits per heavy atom. The highest BCUT2D eigenvalue weighted by atomic mass is 19.4. The number of nitrogens with one attached hydrogen (secondary N) is 2. The maximum atomic E-state index is 13.3. The van der Waals surface area contributed by atoms with E-state index in [0.717, 1.165) is 22.6 Å². The van der Waals surface area contributed by atoms with E-state index in [1.807, 2.05) is 25.1 Å². The number of alkyl halides is 3. The molecule has 4 aromatic rings. The van der Waals surface area contributed by atoms with Crippen LogP contribution < -0.4 is 10.1 Å². The summed E-state index contributed by atoms with van der Waals surface area (Å²) in [4.78, 5) is 0. The average molecular weight is 417 g/mol. The molecule has 0 bridgehead atoms. The predicted molar refractivity (Wildman–Crippen MR) is 104 cm³/mol. The van der Waals surface area contributed by atoms with Gasteiger partial charge in [-0.1, -0.05) is 0 Å². The van der Waals surface area contributed by atoms with Crippen molar-refractivity contribution in [2.75, 3.05) is 11.9 Å². The van der Waals surface area contributed by atoms with Gasteiger partial charge in [0, 0.05) is 17.6 Å². The first-order chi connectivity index (χ1) is 14.3. The highest BCUT2D eigenvalue weighted by Gasteiger charge is 2.34. The van der Waals surface area contributed by atoms with Gasteiger partial charge in [-0.3, -0.25) is 0 Å². The number of tetrazole rings is 1. The van der Waals surface area contributed by atoms with E-state index < -0.39 is 11.7 Å². The van der Waals surface area contributed by atoms with Crippen LogP contribution in [-0.2, 0) is 12.7 Å². The third-order valence-electron chi connectivity index (χ3n) is 4.61. The molecule has 2 heterocycles. The van der Waals surface area contributed by atoms with Gasteiger partial charge in [-0.25, -0.2) is 0 Å². The molecule has 0 amide bonds. The number of hydrogen-bond donors (Lipinski definition) is 2. The van der Waals surface area contributed by atoms with E-state index in [2.05, 4.69) is 25.9 Å². The van der Waals surface area contributed by atoms with Crippen molar-refractivity contribution in [2.45, 2.75) is 26.6 Å². The molecule has 10 heteroatoms. The number of rotatable bonds is 6. The Kier molecular flexibility index (Phi) is 5.06. The SMILES string of the molecule is CCOc1ccc(NCc2cc3oc(-c4nn[nH]n4)cc3cc2C)cc1C(F)(F)F. The Bertz CT molecular complexity index is 1170. The second-order valence-corrected chi connectivity index (χ2v) is 6.66. The average Bonchev–Trinajstić information content (AvgIpc) is 3.35. The van der Waals surface area contributed by atoms with Gasteiger partial charge in [0.1, 0.15) is 11.3 Å². The summed E-state index contributed by atoms with van der Waals surface area (Å²) < 4.78 is 50.9. The monoisotopic (exact) mass is 417 g/mol. The van der Waals surface area contributed by atoms with Gasteiger partial charge in [0.15, 0.2) is 5.76 Å². The van der Waals surface area contributed by atoms with E-state index in [1.54, 1.807) is 13.0 Å². The molecule has 0 radical (unpaired) electrons. The van der Waals surface area contributed by atoms with Gasteiger partial charge in [0.05, 0.1) is 12.2 Å². The zero-order chi connectivity index (χ0) is 21.3. The third kappa shape index (κ3) is 3.93. The molecule has 0 unspecified atom stereocenters. The van der Waals surface area contributed by atoms with Gasteiger partial charge in [-0.2, -0.15) is 18.4 Å². The number of nitrogens with zero attached hydrogens (tertiary/aromatic N) is 3. The number of aromatic amines is 1. The molecule has 0 saturated heterocycles.